The normalized spacial score (nSPS) is 19.4. The quantitative estimate of drug-likeness (QED) is 0.435. The van der Waals surface area contributed by atoms with Crippen molar-refractivity contribution >= 4 is 5.97 Å². The number of hydrogen-bond acceptors (Lipinski definition) is 4. The third kappa shape index (κ3) is 5.35. The van der Waals surface area contributed by atoms with Gasteiger partial charge in [0, 0.05) is 23.0 Å². The summed E-state index contributed by atoms with van der Waals surface area (Å²) in [6, 6.07) is 10.9. The molecule has 4 nitrogen and oxygen atoms in total. The van der Waals surface area contributed by atoms with Gasteiger partial charge in [0.1, 0.15) is 5.75 Å². The molecule has 0 spiro atoms. The Balaban J connectivity index is 1.58. The molecule has 2 aromatic rings. The number of esters is 1. The zero-order valence-electron chi connectivity index (χ0n) is 15.0. The van der Waals surface area contributed by atoms with E-state index in [-0.39, 0.29) is 5.75 Å². The molecule has 0 N–H and O–H groups in total. The number of benzene rings is 2. The van der Waals surface area contributed by atoms with Crippen LogP contribution in [0.4, 0.5) is 13.2 Å². The first-order chi connectivity index (χ1) is 13.3. The van der Waals surface area contributed by atoms with Crippen LogP contribution in [0.5, 0.6) is 5.75 Å². The molecule has 0 aliphatic carbocycles. The molecule has 0 saturated carbocycles. The molecule has 1 fully saturated rings. The Morgan fingerprint density at radius 3 is 2.21 bits per heavy atom. The highest BCUT2D eigenvalue weighted by Gasteiger charge is 2.30. The number of hydrogen-bond donors (Lipinski definition) is 0. The molecule has 146 valence electrons. The van der Waals surface area contributed by atoms with Gasteiger partial charge in [0.2, 0.25) is 0 Å². The second-order valence-electron chi connectivity index (χ2n) is 6.39. The molecule has 1 aliphatic rings. The van der Waals surface area contributed by atoms with Gasteiger partial charge in [-0.15, -0.1) is 0 Å². The summed E-state index contributed by atoms with van der Waals surface area (Å²) < 4.78 is 53.7. The fourth-order valence-electron chi connectivity index (χ4n) is 2.48. The minimum Gasteiger partial charge on any atom is -0.417 e. The van der Waals surface area contributed by atoms with Crippen LogP contribution in [-0.2, 0) is 20.4 Å². The summed E-state index contributed by atoms with van der Waals surface area (Å²) in [6.07, 6.45) is -4.86. The standard InChI is InChI=1S/C21H17F3O4/c1-14-12-26-20(27-13-14)16-5-2-15(3-6-16)4-11-19(25)28-18-9-7-17(8-10-18)21(22,23)24/h2-3,5-10,14,20H,12-13H2,1H3. The van der Waals surface area contributed by atoms with E-state index in [1.165, 1.54) is 0 Å². The van der Waals surface area contributed by atoms with Crippen LogP contribution in [0.3, 0.4) is 0 Å². The Hall–Kier alpha value is -2.82. The molecule has 0 unspecified atom stereocenters. The van der Waals surface area contributed by atoms with E-state index in [4.69, 9.17) is 14.2 Å². The van der Waals surface area contributed by atoms with Gasteiger partial charge in [-0.05, 0) is 36.4 Å². The van der Waals surface area contributed by atoms with Crippen molar-refractivity contribution in [2.75, 3.05) is 13.2 Å². The van der Waals surface area contributed by atoms with E-state index in [1.807, 2.05) is 6.92 Å². The lowest BCUT2D eigenvalue weighted by atomic mass is 10.1. The molecule has 0 atom stereocenters. The minimum atomic E-state index is -4.44. The number of carbonyl (C=O) groups excluding carboxylic acids is 1. The van der Waals surface area contributed by atoms with Gasteiger partial charge in [0.25, 0.3) is 0 Å². The van der Waals surface area contributed by atoms with Crippen molar-refractivity contribution in [2.45, 2.75) is 19.4 Å². The molecule has 28 heavy (non-hydrogen) atoms. The number of rotatable bonds is 2. The van der Waals surface area contributed by atoms with E-state index < -0.39 is 24.0 Å². The van der Waals surface area contributed by atoms with Gasteiger partial charge < -0.3 is 14.2 Å². The zero-order valence-corrected chi connectivity index (χ0v) is 15.0. The topological polar surface area (TPSA) is 44.8 Å². The average Bonchev–Trinajstić information content (AvgIpc) is 2.67. The zero-order chi connectivity index (χ0) is 20.1. The van der Waals surface area contributed by atoms with Gasteiger partial charge in [0.15, 0.2) is 6.29 Å². The number of carbonyl (C=O) groups is 1. The highest BCUT2D eigenvalue weighted by Crippen LogP contribution is 2.30. The molecule has 3 rings (SSSR count). The van der Waals surface area contributed by atoms with Crippen LogP contribution < -0.4 is 4.74 Å². The van der Waals surface area contributed by atoms with Crippen molar-refractivity contribution in [3.05, 3.63) is 65.2 Å². The summed E-state index contributed by atoms with van der Waals surface area (Å²) in [6.45, 7) is 3.29. The van der Waals surface area contributed by atoms with E-state index in [0.717, 1.165) is 29.8 Å². The molecule has 0 radical (unpaired) electrons. The van der Waals surface area contributed by atoms with Gasteiger partial charge >= 0.3 is 12.1 Å². The summed E-state index contributed by atoms with van der Waals surface area (Å²) in [5.74, 6) is 4.44. The number of ether oxygens (including phenoxy) is 3. The van der Waals surface area contributed by atoms with Gasteiger partial charge in [-0.3, -0.25) is 0 Å². The molecule has 1 aliphatic heterocycles. The summed E-state index contributed by atoms with van der Waals surface area (Å²) in [5, 5.41) is 0. The van der Waals surface area contributed by atoms with Gasteiger partial charge in [-0.1, -0.05) is 25.0 Å². The average molecular weight is 390 g/mol. The fraction of sp³-hybridized carbons (Fsp3) is 0.286. The Morgan fingerprint density at radius 2 is 1.64 bits per heavy atom. The lowest BCUT2D eigenvalue weighted by molar-refractivity contribution is -0.202. The molecule has 2 aromatic carbocycles. The first-order valence-electron chi connectivity index (χ1n) is 8.55. The molecule has 0 amide bonds. The summed E-state index contributed by atoms with van der Waals surface area (Å²) >= 11 is 0. The maximum absolute atomic E-state index is 12.5. The van der Waals surface area contributed by atoms with Crippen LogP contribution in [0.25, 0.3) is 0 Å². The largest absolute Gasteiger partial charge is 0.417 e. The maximum atomic E-state index is 12.5. The van der Waals surface area contributed by atoms with Crippen LogP contribution in [0.15, 0.2) is 48.5 Å². The van der Waals surface area contributed by atoms with E-state index in [1.54, 1.807) is 24.3 Å². The van der Waals surface area contributed by atoms with Gasteiger partial charge in [-0.25, -0.2) is 4.79 Å². The van der Waals surface area contributed by atoms with E-state index in [2.05, 4.69) is 11.8 Å². The first-order valence-corrected chi connectivity index (χ1v) is 8.55. The van der Waals surface area contributed by atoms with Crippen LogP contribution in [0.2, 0.25) is 0 Å². The lowest BCUT2D eigenvalue weighted by Crippen LogP contribution is -2.24. The molecule has 1 saturated heterocycles. The summed E-state index contributed by atoms with van der Waals surface area (Å²) in [7, 11) is 0. The van der Waals surface area contributed by atoms with Crippen molar-refractivity contribution in [3.63, 3.8) is 0 Å². The van der Waals surface area contributed by atoms with Crippen molar-refractivity contribution in [2.24, 2.45) is 5.92 Å². The van der Waals surface area contributed by atoms with Gasteiger partial charge in [-0.2, -0.15) is 13.2 Å². The monoisotopic (exact) mass is 390 g/mol. The van der Waals surface area contributed by atoms with Crippen molar-refractivity contribution in [3.8, 4) is 17.6 Å². The van der Waals surface area contributed by atoms with E-state index in [9.17, 15) is 18.0 Å². The SMILES string of the molecule is CC1COC(c2ccc(C#CC(=O)Oc3ccc(C(F)(F)F)cc3)cc2)OC1. The number of halogens is 3. The molecule has 0 aromatic heterocycles. The smallest absolute Gasteiger partial charge is 0.416 e. The predicted molar refractivity (Wildman–Crippen MR) is 94.2 cm³/mol. The van der Waals surface area contributed by atoms with Crippen LogP contribution in [-0.4, -0.2) is 19.2 Å². The molecule has 7 heteroatoms. The molecular weight excluding hydrogens is 373 g/mol. The van der Waals surface area contributed by atoms with E-state index >= 15 is 0 Å². The third-order valence-corrected chi connectivity index (χ3v) is 3.95. The van der Waals surface area contributed by atoms with Crippen molar-refractivity contribution < 1.29 is 32.2 Å². The Bertz CT molecular complexity index is 869. The summed E-state index contributed by atoms with van der Waals surface area (Å²) in [5.41, 5.74) is 0.612. The van der Waals surface area contributed by atoms with Crippen molar-refractivity contribution in [1.82, 2.24) is 0 Å². The highest BCUT2D eigenvalue weighted by atomic mass is 19.4. The molecule has 0 bridgehead atoms. The lowest BCUT2D eigenvalue weighted by Gasteiger charge is -2.27. The third-order valence-electron chi connectivity index (χ3n) is 3.95. The predicted octanol–water partition coefficient (Wildman–Crippen LogP) is 4.34. The summed E-state index contributed by atoms with van der Waals surface area (Å²) in [4.78, 5) is 11.8. The minimum absolute atomic E-state index is 0.0107. The van der Waals surface area contributed by atoms with Gasteiger partial charge in [0.05, 0.1) is 18.8 Å². The second-order valence-corrected chi connectivity index (χ2v) is 6.39. The Labute approximate surface area is 160 Å². The van der Waals surface area contributed by atoms with Crippen LogP contribution >= 0.6 is 0 Å². The number of alkyl halides is 3. The Kier molecular flexibility index (Phi) is 6.02. The van der Waals surface area contributed by atoms with E-state index in [0.29, 0.717) is 24.7 Å². The van der Waals surface area contributed by atoms with Crippen molar-refractivity contribution in [1.29, 1.82) is 0 Å². The first kappa shape index (κ1) is 19.9. The maximum Gasteiger partial charge on any atom is 0.416 e. The fourth-order valence-corrected chi connectivity index (χ4v) is 2.48. The molecule has 1 heterocycles. The second kappa shape index (κ2) is 8.46. The van der Waals surface area contributed by atoms with Crippen LogP contribution in [0, 0.1) is 17.8 Å². The van der Waals surface area contributed by atoms with Crippen LogP contribution in [0.1, 0.15) is 29.9 Å². The molecular formula is C21H17F3O4. The Morgan fingerprint density at radius 1 is 1.04 bits per heavy atom. The highest BCUT2D eigenvalue weighted by molar-refractivity contribution is 5.90.